The first-order valence-electron chi connectivity index (χ1n) is 3.25. The average molecular weight is 184 g/mol. The van der Waals surface area contributed by atoms with E-state index in [4.69, 9.17) is 5.41 Å². The van der Waals surface area contributed by atoms with Gasteiger partial charge in [0.2, 0.25) is 0 Å². The summed E-state index contributed by atoms with van der Waals surface area (Å²) < 4.78 is 4.61. The first-order chi connectivity index (χ1) is 5.76. The minimum absolute atomic E-state index is 0.00579. The summed E-state index contributed by atoms with van der Waals surface area (Å²) in [6.45, 7) is 1.96. The Morgan fingerprint density at radius 3 is 2.83 bits per heavy atom. The molecule has 0 aromatic rings. The van der Waals surface area contributed by atoms with E-state index in [9.17, 15) is 4.79 Å². The first kappa shape index (κ1) is 10.7. The standard InChI is InChI=1S/C7H8N2O2S/c1-2-11-7(10)6(3-8)4-9-5-12/h8H,2,4H2,1H3. The number of aliphatic imine (C=N–C) groups is 1. The molecular formula is C7H8N2O2S. The summed E-state index contributed by atoms with van der Waals surface area (Å²) in [6.07, 6.45) is 0. The number of nitrogens with zero attached hydrogens (tertiary/aromatic N) is 1. The minimum atomic E-state index is -0.582. The highest BCUT2D eigenvalue weighted by molar-refractivity contribution is 7.78. The fourth-order valence-electron chi connectivity index (χ4n) is 0.485. The third-order valence-electron chi connectivity index (χ3n) is 0.974. The molecular weight excluding hydrogens is 176 g/mol. The lowest BCUT2D eigenvalue weighted by Crippen LogP contribution is -2.10. The van der Waals surface area contributed by atoms with Crippen LogP contribution in [0.25, 0.3) is 0 Å². The van der Waals surface area contributed by atoms with Gasteiger partial charge in [-0.2, -0.15) is 0 Å². The van der Waals surface area contributed by atoms with E-state index in [0.717, 1.165) is 0 Å². The second kappa shape index (κ2) is 6.43. The van der Waals surface area contributed by atoms with Gasteiger partial charge in [-0.3, -0.25) is 5.41 Å². The number of esters is 1. The summed E-state index contributed by atoms with van der Waals surface area (Å²) in [5.74, 6) is 1.35. The van der Waals surface area contributed by atoms with Gasteiger partial charge in [0.15, 0.2) is 0 Å². The molecule has 0 saturated carbocycles. The molecule has 0 aliphatic heterocycles. The van der Waals surface area contributed by atoms with Crippen molar-refractivity contribution in [3.8, 4) is 0 Å². The normalized spacial score (nSPS) is 7.75. The van der Waals surface area contributed by atoms with E-state index in [-0.39, 0.29) is 18.7 Å². The lowest BCUT2D eigenvalue weighted by atomic mass is 10.3. The third kappa shape index (κ3) is 3.78. The number of hydrogen-bond donors (Lipinski definition) is 1. The molecule has 0 bridgehead atoms. The fraction of sp³-hybridized carbons (Fsp3) is 0.429. The molecule has 5 heteroatoms. The largest absolute Gasteiger partial charge is 0.462 e. The second-order valence-electron chi connectivity index (χ2n) is 1.73. The van der Waals surface area contributed by atoms with Crippen LogP contribution in [-0.4, -0.2) is 30.2 Å². The predicted octanol–water partition coefficient (Wildman–Crippen LogP) is 0.827. The highest BCUT2D eigenvalue weighted by Gasteiger charge is 2.08. The van der Waals surface area contributed by atoms with Gasteiger partial charge in [0.1, 0.15) is 5.57 Å². The Labute approximate surface area is 75.5 Å². The number of thiocarbonyl (C=S) groups is 1. The molecule has 0 aliphatic carbocycles. The molecule has 0 unspecified atom stereocenters. The molecule has 0 heterocycles. The number of carbonyl (C=O) groups is 1. The van der Waals surface area contributed by atoms with Crippen molar-refractivity contribution in [2.24, 2.45) is 4.99 Å². The minimum Gasteiger partial charge on any atom is -0.462 e. The topological polar surface area (TPSA) is 62.5 Å². The van der Waals surface area contributed by atoms with E-state index in [1.165, 1.54) is 0 Å². The lowest BCUT2D eigenvalue weighted by molar-refractivity contribution is -0.138. The Bertz CT molecular complexity index is 263. The van der Waals surface area contributed by atoms with Crippen LogP contribution in [0.1, 0.15) is 6.92 Å². The fourth-order valence-corrected chi connectivity index (χ4v) is 0.549. The maximum atomic E-state index is 10.9. The molecule has 4 nitrogen and oxygen atoms in total. The Kier molecular flexibility index (Phi) is 5.75. The molecule has 0 amide bonds. The molecule has 64 valence electrons. The van der Waals surface area contributed by atoms with Gasteiger partial charge in [-0.1, -0.05) is 0 Å². The quantitative estimate of drug-likeness (QED) is 0.304. The van der Waals surface area contributed by atoms with Gasteiger partial charge in [0.25, 0.3) is 0 Å². The smallest absolute Gasteiger partial charge is 0.345 e. The van der Waals surface area contributed by atoms with Crippen molar-refractivity contribution in [1.29, 1.82) is 5.41 Å². The molecule has 0 aromatic heterocycles. The highest BCUT2D eigenvalue weighted by atomic mass is 32.1. The molecule has 0 spiro atoms. The van der Waals surface area contributed by atoms with Crippen molar-refractivity contribution >= 4 is 29.2 Å². The van der Waals surface area contributed by atoms with E-state index in [1.54, 1.807) is 6.92 Å². The van der Waals surface area contributed by atoms with Crippen molar-refractivity contribution in [2.75, 3.05) is 13.2 Å². The number of ether oxygens (including phenoxy) is 1. The van der Waals surface area contributed by atoms with Crippen LogP contribution in [0, 0.1) is 5.41 Å². The molecule has 0 radical (unpaired) electrons. The van der Waals surface area contributed by atoms with Crippen molar-refractivity contribution in [3.63, 3.8) is 0 Å². The summed E-state index contributed by atoms with van der Waals surface area (Å²) in [7, 11) is 0. The predicted molar refractivity (Wildman–Crippen MR) is 47.8 cm³/mol. The number of carbonyl (C=O) groups excluding carboxylic acids is 1. The van der Waals surface area contributed by atoms with E-state index in [0.29, 0.717) is 0 Å². The summed E-state index contributed by atoms with van der Waals surface area (Å²) >= 11 is 4.30. The summed E-state index contributed by atoms with van der Waals surface area (Å²) in [5.41, 5.74) is 0.0502. The third-order valence-corrected chi connectivity index (χ3v) is 1.10. The van der Waals surface area contributed by atoms with Gasteiger partial charge < -0.3 is 4.74 Å². The molecule has 12 heavy (non-hydrogen) atoms. The molecule has 0 aliphatic rings. The van der Waals surface area contributed by atoms with E-state index >= 15 is 0 Å². The molecule has 0 fully saturated rings. The van der Waals surface area contributed by atoms with Crippen LogP contribution in [-0.2, 0) is 9.53 Å². The van der Waals surface area contributed by atoms with Crippen LogP contribution in [0.5, 0.6) is 0 Å². The monoisotopic (exact) mass is 184 g/mol. The van der Waals surface area contributed by atoms with Crippen molar-refractivity contribution < 1.29 is 9.53 Å². The van der Waals surface area contributed by atoms with Crippen LogP contribution < -0.4 is 0 Å². The van der Waals surface area contributed by atoms with Gasteiger partial charge >= 0.3 is 5.97 Å². The van der Waals surface area contributed by atoms with E-state index in [2.05, 4.69) is 27.1 Å². The molecule has 0 rings (SSSR count). The summed E-state index contributed by atoms with van der Waals surface area (Å²) in [6, 6.07) is 0. The SMILES string of the molecule is CCOC(=O)C(=C=N)CN=C=S. The number of hydrogen-bond acceptors (Lipinski definition) is 5. The van der Waals surface area contributed by atoms with E-state index < -0.39 is 5.97 Å². The molecule has 0 aromatic carbocycles. The zero-order chi connectivity index (χ0) is 9.40. The van der Waals surface area contributed by atoms with Gasteiger partial charge in [-0.25, -0.2) is 9.79 Å². The highest BCUT2D eigenvalue weighted by Crippen LogP contribution is 1.93. The maximum absolute atomic E-state index is 10.9. The number of isothiocyanates is 1. The van der Waals surface area contributed by atoms with Crippen LogP contribution in [0.4, 0.5) is 0 Å². The zero-order valence-electron chi connectivity index (χ0n) is 6.59. The number of nitrogens with one attached hydrogen (secondary N) is 1. The van der Waals surface area contributed by atoms with Gasteiger partial charge in [-0.05, 0) is 25.0 Å². The van der Waals surface area contributed by atoms with Gasteiger partial charge in [0, 0.05) is 0 Å². The Morgan fingerprint density at radius 2 is 2.42 bits per heavy atom. The lowest BCUT2D eigenvalue weighted by Gasteiger charge is -1.98. The van der Waals surface area contributed by atoms with Gasteiger partial charge in [-0.15, -0.1) is 0 Å². The summed E-state index contributed by atoms with van der Waals surface area (Å²) in [5, 5.41) is 8.82. The van der Waals surface area contributed by atoms with Crippen LogP contribution in [0.2, 0.25) is 0 Å². The average Bonchev–Trinajstić information content (AvgIpc) is 2.06. The van der Waals surface area contributed by atoms with Crippen molar-refractivity contribution in [1.82, 2.24) is 0 Å². The Hall–Kier alpha value is -1.28. The van der Waals surface area contributed by atoms with Crippen molar-refractivity contribution in [3.05, 3.63) is 5.57 Å². The number of rotatable bonds is 4. The Balaban J connectivity index is 4.26. The zero-order valence-corrected chi connectivity index (χ0v) is 7.40. The maximum Gasteiger partial charge on any atom is 0.345 e. The van der Waals surface area contributed by atoms with E-state index in [1.807, 2.05) is 5.87 Å². The molecule has 0 saturated heterocycles. The molecule has 1 N–H and O–H groups in total. The van der Waals surface area contributed by atoms with Crippen LogP contribution in [0.3, 0.4) is 0 Å². The Morgan fingerprint density at radius 1 is 1.75 bits per heavy atom. The second-order valence-corrected chi connectivity index (χ2v) is 1.91. The van der Waals surface area contributed by atoms with Gasteiger partial charge in [0.05, 0.1) is 18.3 Å². The van der Waals surface area contributed by atoms with Crippen molar-refractivity contribution in [2.45, 2.75) is 6.92 Å². The summed E-state index contributed by atoms with van der Waals surface area (Å²) in [4.78, 5) is 14.4. The first-order valence-corrected chi connectivity index (χ1v) is 3.66. The van der Waals surface area contributed by atoms with Crippen LogP contribution >= 0.6 is 12.2 Å². The van der Waals surface area contributed by atoms with Crippen LogP contribution in [0.15, 0.2) is 10.6 Å². The molecule has 0 atom stereocenters.